The van der Waals surface area contributed by atoms with Gasteiger partial charge in [0.05, 0.1) is 0 Å². The zero-order valence-corrected chi connectivity index (χ0v) is 22.6. The maximum atomic E-state index is 15.3. The average Bonchev–Trinajstić information content (AvgIpc) is 2.88. The van der Waals surface area contributed by atoms with Gasteiger partial charge in [-0.25, -0.2) is 4.39 Å². The molecule has 188 valence electrons. The molecule has 2 heteroatoms. The summed E-state index contributed by atoms with van der Waals surface area (Å²) in [4.78, 5) is 2.10. The molecule has 0 aliphatic carbocycles. The Morgan fingerprint density at radius 2 is 1.64 bits per heavy atom. The van der Waals surface area contributed by atoms with Crippen molar-refractivity contribution in [2.75, 3.05) is 13.6 Å². The predicted molar refractivity (Wildman–Crippen MR) is 155 cm³/mol. The average molecular weight is 482 g/mol. The molecule has 0 atom stereocenters. The van der Waals surface area contributed by atoms with Gasteiger partial charge in [-0.2, -0.15) is 0 Å². The second-order valence-corrected chi connectivity index (χ2v) is 9.59. The molecule has 0 radical (unpaired) electrons. The van der Waals surface area contributed by atoms with Gasteiger partial charge in [0.1, 0.15) is 5.82 Å². The van der Waals surface area contributed by atoms with Crippen molar-refractivity contribution in [2.24, 2.45) is 0 Å². The van der Waals surface area contributed by atoms with Gasteiger partial charge < -0.3 is 4.90 Å². The molecule has 0 spiro atoms. The SMILES string of the molecule is C=C(c1ccc(CC(/C=C\C)=c2\cc(CC)c(C)cc2=C)c(F)c1)N(C)CCc1ccc(CC)cc1. The fraction of sp³-hybridized carbons (Fsp3) is 0.294. The zero-order chi connectivity index (χ0) is 26.2. The second kappa shape index (κ2) is 12.5. The number of benzene rings is 3. The molecule has 0 saturated carbocycles. The van der Waals surface area contributed by atoms with E-state index >= 15 is 4.39 Å². The van der Waals surface area contributed by atoms with Gasteiger partial charge in [0.25, 0.3) is 0 Å². The van der Waals surface area contributed by atoms with Crippen LogP contribution in [0.1, 0.15) is 54.2 Å². The molecular weight excluding hydrogens is 441 g/mol. The van der Waals surface area contributed by atoms with Crippen LogP contribution in [0.25, 0.3) is 17.8 Å². The summed E-state index contributed by atoms with van der Waals surface area (Å²) in [6.45, 7) is 17.8. The van der Waals surface area contributed by atoms with Crippen LogP contribution in [-0.4, -0.2) is 18.5 Å². The largest absolute Gasteiger partial charge is 0.374 e. The number of nitrogens with zero attached hydrogens (tertiary/aromatic N) is 1. The van der Waals surface area contributed by atoms with Crippen LogP contribution >= 0.6 is 0 Å². The van der Waals surface area contributed by atoms with E-state index in [0.29, 0.717) is 12.0 Å². The number of likely N-dealkylation sites (N-methyl/N-ethyl adjacent to an activating group) is 1. The Bertz CT molecular complexity index is 1350. The molecule has 3 rings (SSSR count). The third-order valence-electron chi connectivity index (χ3n) is 7.05. The van der Waals surface area contributed by atoms with Gasteiger partial charge in [-0.1, -0.05) is 87.7 Å². The number of halogens is 1. The van der Waals surface area contributed by atoms with E-state index < -0.39 is 0 Å². The first-order valence-corrected chi connectivity index (χ1v) is 13.0. The molecule has 0 fully saturated rings. The monoisotopic (exact) mass is 481 g/mol. The Kier molecular flexibility index (Phi) is 9.47. The number of allylic oxidation sites excluding steroid dienone is 2. The topological polar surface area (TPSA) is 3.24 Å². The van der Waals surface area contributed by atoms with Crippen LogP contribution < -0.4 is 10.4 Å². The summed E-state index contributed by atoms with van der Waals surface area (Å²) in [5.74, 6) is -0.201. The standard InChI is InChI=1S/C34H40FN/c1-8-11-31(33-22-29(10-3)24(4)20-25(33)5)21-32-17-16-30(23-34(32)35)26(6)36(7)19-18-28-14-12-27(9-2)13-15-28/h8,11-17,20,22-23H,5-6,9-10,18-19,21H2,1-4,7H3/b11-8-,33-31+. The van der Waals surface area contributed by atoms with E-state index in [4.69, 9.17) is 0 Å². The minimum absolute atomic E-state index is 0.201. The summed E-state index contributed by atoms with van der Waals surface area (Å²) < 4.78 is 15.3. The van der Waals surface area contributed by atoms with Crippen molar-refractivity contribution in [3.63, 3.8) is 0 Å². The van der Waals surface area contributed by atoms with E-state index in [1.165, 1.54) is 22.3 Å². The molecule has 3 aromatic rings. The molecule has 0 heterocycles. The third kappa shape index (κ3) is 6.63. The van der Waals surface area contributed by atoms with Gasteiger partial charge in [0.2, 0.25) is 0 Å². The number of aryl methyl sites for hydroxylation is 3. The normalized spacial score (nSPS) is 12.2. The van der Waals surface area contributed by atoms with Crippen molar-refractivity contribution < 1.29 is 4.39 Å². The van der Waals surface area contributed by atoms with Crippen molar-refractivity contribution in [2.45, 2.75) is 53.4 Å². The lowest BCUT2D eigenvalue weighted by molar-refractivity contribution is 0.484. The van der Waals surface area contributed by atoms with Gasteiger partial charge in [0, 0.05) is 31.3 Å². The molecule has 0 N–H and O–H groups in total. The van der Waals surface area contributed by atoms with Crippen molar-refractivity contribution in [1.82, 2.24) is 4.90 Å². The van der Waals surface area contributed by atoms with Crippen molar-refractivity contribution in [3.8, 4) is 0 Å². The Hall–Kier alpha value is -3.39. The van der Waals surface area contributed by atoms with Gasteiger partial charge >= 0.3 is 0 Å². The molecule has 0 saturated heterocycles. The molecule has 0 bridgehead atoms. The van der Waals surface area contributed by atoms with Crippen LogP contribution in [0.2, 0.25) is 0 Å². The quantitative estimate of drug-likeness (QED) is 0.308. The molecule has 0 aliphatic rings. The molecule has 0 unspecified atom stereocenters. The Morgan fingerprint density at radius 3 is 2.25 bits per heavy atom. The predicted octanol–water partition coefficient (Wildman–Crippen LogP) is 6.78. The summed E-state index contributed by atoms with van der Waals surface area (Å²) in [5, 5.41) is 2.07. The molecule has 0 aromatic heterocycles. The molecule has 3 aromatic carbocycles. The van der Waals surface area contributed by atoms with E-state index in [1.54, 1.807) is 6.07 Å². The maximum Gasteiger partial charge on any atom is 0.127 e. The Balaban J connectivity index is 1.79. The highest BCUT2D eigenvalue weighted by atomic mass is 19.1. The molecule has 0 amide bonds. The molecule has 36 heavy (non-hydrogen) atoms. The van der Waals surface area contributed by atoms with E-state index in [2.05, 4.69) is 81.3 Å². The molecule has 0 aliphatic heterocycles. The van der Waals surface area contributed by atoms with Gasteiger partial charge in [-0.15, -0.1) is 0 Å². The van der Waals surface area contributed by atoms with Crippen LogP contribution in [0.3, 0.4) is 0 Å². The van der Waals surface area contributed by atoms with Gasteiger partial charge in [-0.05, 0) is 83.0 Å². The minimum Gasteiger partial charge on any atom is -0.374 e. The van der Waals surface area contributed by atoms with Crippen molar-refractivity contribution in [1.29, 1.82) is 0 Å². The summed E-state index contributed by atoms with van der Waals surface area (Å²) in [6, 6.07) is 18.6. The summed E-state index contributed by atoms with van der Waals surface area (Å²) in [5.41, 5.74) is 8.60. The summed E-state index contributed by atoms with van der Waals surface area (Å²) in [6.07, 6.45) is 7.54. The molecular formula is C34H40FN. The lowest BCUT2D eigenvalue weighted by Crippen LogP contribution is -2.27. The van der Waals surface area contributed by atoms with E-state index in [-0.39, 0.29) is 5.82 Å². The fourth-order valence-electron chi connectivity index (χ4n) is 4.61. The van der Waals surface area contributed by atoms with Gasteiger partial charge in [0.15, 0.2) is 0 Å². The van der Waals surface area contributed by atoms with Crippen molar-refractivity contribution in [3.05, 3.63) is 123 Å². The first-order valence-electron chi connectivity index (χ1n) is 13.0. The zero-order valence-electron chi connectivity index (χ0n) is 22.6. The first-order chi connectivity index (χ1) is 17.3. The first kappa shape index (κ1) is 27.2. The Labute approximate surface area is 217 Å². The van der Waals surface area contributed by atoms with Crippen LogP contribution in [0, 0.1) is 12.7 Å². The number of hydrogen-bond donors (Lipinski definition) is 0. The summed E-state index contributed by atoms with van der Waals surface area (Å²) >= 11 is 0. The van der Waals surface area contributed by atoms with E-state index in [9.17, 15) is 0 Å². The van der Waals surface area contributed by atoms with Crippen LogP contribution in [-0.2, 0) is 25.7 Å². The number of rotatable bonds is 10. The van der Waals surface area contributed by atoms with Crippen LogP contribution in [0.5, 0.6) is 0 Å². The third-order valence-corrected chi connectivity index (χ3v) is 7.05. The Morgan fingerprint density at radius 1 is 0.944 bits per heavy atom. The van der Waals surface area contributed by atoms with Crippen LogP contribution in [0.4, 0.5) is 4.39 Å². The van der Waals surface area contributed by atoms with Gasteiger partial charge in [-0.3, -0.25) is 0 Å². The fourth-order valence-corrected chi connectivity index (χ4v) is 4.61. The summed E-state index contributed by atoms with van der Waals surface area (Å²) in [7, 11) is 2.02. The highest BCUT2D eigenvalue weighted by Gasteiger charge is 2.11. The second-order valence-electron chi connectivity index (χ2n) is 9.59. The molecule has 1 nitrogen and oxygen atoms in total. The highest BCUT2D eigenvalue weighted by Crippen LogP contribution is 2.22. The minimum atomic E-state index is -0.201. The lowest BCUT2D eigenvalue weighted by Gasteiger charge is -2.22. The number of hydrogen-bond acceptors (Lipinski definition) is 1. The van der Waals surface area contributed by atoms with Crippen LogP contribution in [0.15, 0.2) is 73.3 Å². The lowest BCUT2D eigenvalue weighted by atomic mass is 9.96. The van der Waals surface area contributed by atoms with Crippen molar-refractivity contribution >= 4 is 17.8 Å². The highest BCUT2D eigenvalue weighted by molar-refractivity contribution is 5.64. The smallest absolute Gasteiger partial charge is 0.127 e. The van der Waals surface area contributed by atoms with E-state index in [0.717, 1.165) is 53.1 Å². The maximum absolute atomic E-state index is 15.3. The van der Waals surface area contributed by atoms with E-state index in [1.807, 2.05) is 32.2 Å².